The first kappa shape index (κ1) is 26.7. The first-order valence-corrected chi connectivity index (χ1v) is 15.7. The number of likely N-dealkylation sites (tertiary alicyclic amines) is 1. The standard InChI is InChI=1S/C23H38N2O5SSi/c1-23(2,3)29-22(28)24-18(16-31-15-17-11-8-7-9-12-17)20(26)25-14-10-13-19(25)21(27)30-32(4,5)6/h7-9,11-12,18-19,21,27H,10,13-16H2,1-6H3,(H,24,28)/t18-,19-,21?/m0/s1. The molecule has 0 radical (unpaired) electrons. The van der Waals surface area contributed by atoms with Gasteiger partial charge in [-0.3, -0.25) is 4.79 Å². The zero-order valence-electron chi connectivity index (χ0n) is 20.1. The maximum atomic E-state index is 13.5. The average molecular weight is 483 g/mol. The molecule has 1 fully saturated rings. The van der Waals surface area contributed by atoms with E-state index in [0.29, 0.717) is 18.7 Å². The molecular formula is C23H38N2O5SSi. The molecule has 1 aromatic rings. The molecule has 7 nitrogen and oxygen atoms in total. The summed E-state index contributed by atoms with van der Waals surface area (Å²) < 4.78 is 11.2. The Labute approximate surface area is 197 Å². The van der Waals surface area contributed by atoms with Crippen molar-refractivity contribution in [3.8, 4) is 0 Å². The molecule has 1 saturated heterocycles. The topological polar surface area (TPSA) is 88.1 Å². The molecule has 2 N–H and O–H groups in total. The van der Waals surface area contributed by atoms with Crippen LogP contribution in [0.15, 0.2) is 30.3 Å². The first-order chi connectivity index (χ1) is 14.9. The quantitative estimate of drug-likeness (QED) is 0.409. The van der Waals surface area contributed by atoms with Gasteiger partial charge in [-0.2, -0.15) is 11.8 Å². The monoisotopic (exact) mass is 482 g/mol. The highest BCUT2D eigenvalue weighted by Crippen LogP contribution is 2.25. The van der Waals surface area contributed by atoms with Gasteiger partial charge in [-0.05, 0) is 58.8 Å². The van der Waals surface area contributed by atoms with Gasteiger partial charge in [0.25, 0.3) is 0 Å². The van der Waals surface area contributed by atoms with Gasteiger partial charge in [-0.1, -0.05) is 30.3 Å². The Morgan fingerprint density at radius 3 is 2.50 bits per heavy atom. The number of thioether (sulfide) groups is 1. The number of aliphatic hydroxyl groups excluding tert-OH is 1. The zero-order chi connectivity index (χ0) is 23.9. The lowest BCUT2D eigenvalue weighted by atomic mass is 10.2. The average Bonchev–Trinajstić information content (AvgIpc) is 3.14. The number of alkyl carbamates (subject to hydrolysis) is 1. The Hall–Kier alpha value is -1.55. The summed E-state index contributed by atoms with van der Waals surface area (Å²) in [5.74, 6) is 0.921. The number of ether oxygens (including phenoxy) is 1. The van der Waals surface area contributed by atoms with Gasteiger partial charge in [-0.15, -0.1) is 0 Å². The van der Waals surface area contributed by atoms with E-state index in [1.807, 2.05) is 50.0 Å². The molecule has 1 aliphatic rings. The number of aliphatic hydroxyl groups is 1. The van der Waals surface area contributed by atoms with E-state index < -0.39 is 38.4 Å². The highest BCUT2D eigenvalue weighted by atomic mass is 32.2. The van der Waals surface area contributed by atoms with Crippen molar-refractivity contribution in [2.75, 3.05) is 12.3 Å². The van der Waals surface area contributed by atoms with Gasteiger partial charge in [0, 0.05) is 18.1 Å². The summed E-state index contributed by atoms with van der Waals surface area (Å²) in [6, 6.07) is 8.83. The van der Waals surface area contributed by atoms with Crippen LogP contribution in [0.1, 0.15) is 39.2 Å². The van der Waals surface area contributed by atoms with Crippen molar-refractivity contribution in [3.63, 3.8) is 0 Å². The molecule has 2 rings (SSSR count). The van der Waals surface area contributed by atoms with Crippen LogP contribution in [0.4, 0.5) is 4.79 Å². The van der Waals surface area contributed by atoms with Crippen LogP contribution >= 0.6 is 11.8 Å². The van der Waals surface area contributed by atoms with E-state index in [1.54, 1.807) is 37.4 Å². The summed E-state index contributed by atoms with van der Waals surface area (Å²) in [5.41, 5.74) is 0.492. The molecule has 1 unspecified atom stereocenters. The summed E-state index contributed by atoms with van der Waals surface area (Å²) in [5, 5.41) is 13.4. The van der Waals surface area contributed by atoms with Gasteiger partial charge in [0.15, 0.2) is 14.6 Å². The second-order valence-electron chi connectivity index (χ2n) is 10.1. The lowest BCUT2D eigenvalue weighted by Gasteiger charge is -2.34. The largest absolute Gasteiger partial charge is 0.444 e. The van der Waals surface area contributed by atoms with Crippen molar-refractivity contribution in [1.82, 2.24) is 10.2 Å². The lowest BCUT2D eigenvalue weighted by Crippen LogP contribution is -2.55. The van der Waals surface area contributed by atoms with Gasteiger partial charge >= 0.3 is 6.09 Å². The van der Waals surface area contributed by atoms with Gasteiger partial charge in [-0.25, -0.2) is 4.79 Å². The number of nitrogens with one attached hydrogen (secondary N) is 1. The van der Waals surface area contributed by atoms with E-state index in [-0.39, 0.29) is 5.91 Å². The van der Waals surface area contributed by atoms with Crippen LogP contribution in [-0.4, -0.2) is 66.6 Å². The molecule has 1 heterocycles. The second kappa shape index (κ2) is 11.5. The number of carbonyl (C=O) groups is 2. The molecule has 3 atom stereocenters. The molecule has 1 aliphatic heterocycles. The van der Waals surface area contributed by atoms with Gasteiger partial charge < -0.3 is 24.5 Å². The number of hydrogen-bond acceptors (Lipinski definition) is 6. The molecule has 0 spiro atoms. The lowest BCUT2D eigenvalue weighted by molar-refractivity contribution is -0.142. The van der Waals surface area contributed by atoms with E-state index in [4.69, 9.17) is 9.16 Å². The molecule has 1 aromatic carbocycles. The molecule has 0 aromatic heterocycles. The summed E-state index contributed by atoms with van der Waals surface area (Å²) in [7, 11) is -1.97. The highest BCUT2D eigenvalue weighted by Gasteiger charge is 2.39. The molecule has 0 bridgehead atoms. The third-order valence-electron chi connectivity index (χ3n) is 4.77. The van der Waals surface area contributed by atoms with Crippen LogP contribution in [0.25, 0.3) is 0 Å². The SMILES string of the molecule is CC(C)(C)OC(=O)N[C@@H](CSCc1ccccc1)C(=O)N1CCC[C@H]1C(O)O[Si](C)(C)C. The zero-order valence-corrected chi connectivity index (χ0v) is 21.9. The minimum Gasteiger partial charge on any atom is -0.444 e. The van der Waals surface area contributed by atoms with Gasteiger partial charge in [0.1, 0.15) is 11.6 Å². The first-order valence-electron chi connectivity index (χ1n) is 11.1. The summed E-state index contributed by atoms with van der Waals surface area (Å²) in [6.45, 7) is 11.9. The predicted molar refractivity (Wildman–Crippen MR) is 131 cm³/mol. The smallest absolute Gasteiger partial charge is 0.408 e. The number of rotatable bonds is 9. The number of hydrogen-bond donors (Lipinski definition) is 2. The molecular weight excluding hydrogens is 444 g/mol. The third-order valence-corrected chi connectivity index (χ3v) is 6.83. The van der Waals surface area contributed by atoms with Crippen molar-refractivity contribution in [2.45, 2.75) is 83.0 Å². The summed E-state index contributed by atoms with van der Waals surface area (Å²) in [4.78, 5) is 27.6. The maximum absolute atomic E-state index is 13.5. The van der Waals surface area contributed by atoms with E-state index in [2.05, 4.69) is 5.32 Å². The minimum absolute atomic E-state index is 0.211. The van der Waals surface area contributed by atoms with Gasteiger partial charge in [0.05, 0.1) is 6.04 Å². The van der Waals surface area contributed by atoms with E-state index in [1.165, 1.54) is 0 Å². The molecule has 32 heavy (non-hydrogen) atoms. The van der Waals surface area contributed by atoms with Crippen LogP contribution in [-0.2, 0) is 19.7 Å². The highest BCUT2D eigenvalue weighted by molar-refractivity contribution is 7.98. The number of benzene rings is 1. The van der Waals surface area contributed by atoms with Crippen molar-refractivity contribution in [3.05, 3.63) is 35.9 Å². The van der Waals surface area contributed by atoms with Crippen LogP contribution < -0.4 is 5.32 Å². The summed E-state index contributed by atoms with van der Waals surface area (Å²) in [6.07, 6.45) is -0.176. The van der Waals surface area contributed by atoms with Crippen molar-refractivity contribution in [2.24, 2.45) is 0 Å². The van der Waals surface area contributed by atoms with Gasteiger partial charge in [0.2, 0.25) is 5.91 Å². The number of carbonyl (C=O) groups excluding carboxylic acids is 2. The Balaban J connectivity index is 2.09. The Bertz CT molecular complexity index is 751. The predicted octanol–water partition coefficient (Wildman–Crippen LogP) is 3.97. The van der Waals surface area contributed by atoms with Crippen molar-refractivity contribution < 1.29 is 23.9 Å². The number of nitrogens with zero attached hydrogens (tertiary/aromatic N) is 1. The maximum Gasteiger partial charge on any atom is 0.408 e. The molecule has 9 heteroatoms. The molecule has 0 aliphatic carbocycles. The summed E-state index contributed by atoms with van der Waals surface area (Å²) >= 11 is 1.58. The van der Waals surface area contributed by atoms with Crippen LogP contribution in [0, 0.1) is 0 Å². The van der Waals surface area contributed by atoms with E-state index in [9.17, 15) is 14.7 Å². The Morgan fingerprint density at radius 1 is 1.25 bits per heavy atom. The molecule has 0 saturated carbocycles. The molecule has 2 amide bonds. The molecule has 180 valence electrons. The third kappa shape index (κ3) is 9.13. The van der Waals surface area contributed by atoms with Crippen LogP contribution in [0.2, 0.25) is 19.6 Å². The number of amides is 2. The van der Waals surface area contributed by atoms with E-state index >= 15 is 0 Å². The minimum atomic E-state index is -1.97. The van der Waals surface area contributed by atoms with Crippen LogP contribution in [0.5, 0.6) is 0 Å². The van der Waals surface area contributed by atoms with E-state index in [0.717, 1.165) is 17.7 Å². The second-order valence-corrected chi connectivity index (χ2v) is 15.6. The van der Waals surface area contributed by atoms with Crippen LogP contribution in [0.3, 0.4) is 0 Å². The fourth-order valence-corrected chi connectivity index (χ4v) is 5.39. The van der Waals surface area contributed by atoms with Crippen molar-refractivity contribution >= 4 is 32.1 Å². The Kier molecular flexibility index (Phi) is 9.63. The fraction of sp³-hybridized carbons (Fsp3) is 0.652. The normalized spacial score (nSPS) is 18.8. The Morgan fingerprint density at radius 2 is 1.91 bits per heavy atom. The van der Waals surface area contributed by atoms with Crippen molar-refractivity contribution in [1.29, 1.82) is 0 Å². The fourth-order valence-electron chi connectivity index (χ4n) is 3.50.